The van der Waals surface area contributed by atoms with E-state index in [1.807, 2.05) is 0 Å². The van der Waals surface area contributed by atoms with Gasteiger partial charge in [-0.05, 0) is 61.3 Å². The first-order valence-electron chi connectivity index (χ1n) is 8.90. The van der Waals surface area contributed by atoms with E-state index < -0.39 is 5.97 Å². The number of allylic oxidation sites excluding steroid dienone is 2. The summed E-state index contributed by atoms with van der Waals surface area (Å²) in [5.41, 5.74) is 1.91. The number of hydrogen-bond donors (Lipinski definition) is 1. The van der Waals surface area contributed by atoms with E-state index in [0.717, 1.165) is 19.3 Å². The van der Waals surface area contributed by atoms with Crippen molar-refractivity contribution in [1.29, 1.82) is 0 Å². The third-order valence-corrected chi connectivity index (χ3v) is 5.13. The molecule has 2 heteroatoms. The normalized spacial score (nSPS) is 23.9. The molecular weight excluding hydrogens is 284 g/mol. The van der Waals surface area contributed by atoms with Crippen LogP contribution in [0.25, 0.3) is 0 Å². The number of rotatable bonds is 7. The fraction of sp³-hybridized carbons (Fsp3) is 0.571. The Hall–Kier alpha value is -1.57. The predicted molar refractivity (Wildman–Crippen MR) is 95.5 cm³/mol. The molecule has 2 nitrogen and oxygen atoms in total. The molecule has 1 aliphatic rings. The third-order valence-electron chi connectivity index (χ3n) is 5.13. The first-order chi connectivity index (χ1) is 11.0. The van der Waals surface area contributed by atoms with Gasteiger partial charge in [0, 0.05) is 6.42 Å². The molecule has 0 amide bonds. The van der Waals surface area contributed by atoms with Crippen molar-refractivity contribution in [2.75, 3.05) is 0 Å². The molecule has 0 radical (unpaired) electrons. The van der Waals surface area contributed by atoms with Gasteiger partial charge in [-0.2, -0.15) is 0 Å². The molecule has 2 atom stereocenters. The highest BCUT2D eigenvalue weighted by atomic mass is 16.4. The third kappa shape index (κ3) is 5.85. The monoisotopic (exact) mass is 314 g/mol. The Bertz CT molecular complexity index is 516. The Kier molecular flexibility index (Phi) is 6.44. The zero-order valence-corrected chi connectivity index (χ0v) is 14.5. The van der Waals surface area contributed by atoms with Crippen molar-refractivity contribution in [2.45, 2.75) is 64.7 Å². The summed E-state index contributed by atoms with van der Waals surface area (Å²) in [5, 5.41) is 8.66. The molecule has 0 aromatic heterocycles. The zero-order chi connectivity index (χ0) is 16.7. The maximum atomic E-state index is 10.5. The molecule has 23 heavy (non-hydrogen) atoms. The van der Waals surface area contributed by atoms with E-state index in [2.05, 4.69) is 56.3 Å². The Balaban J connectivity index is 1.93. The molecule has 1 aromatic carbocycles. The van der Waals surface area contributed by atoms with Crippen LogP contribution >= 0.6 is 0 Å². The van der Waals surface area contributed by atoms with Gasteiger partial charge in [-0.15, -0.1) is 0 Å². The lowest BCUT2D eigenvalue weighted by atomic mass is 9.64. The van der Waals surface area contributed by atoms with Crippen molar-refractivity contribution < 1.29 is 9.90 Å². The first kappa shape index (κ1) is 17.8. The molecule has 0 heterocycles. The van der Waals surface area contributed by atoms with Gasteiger partial charge in [0.15, 0.2) is 0 Å². The highest BCUT2D eigenvalue weighted by Crippen LogP contribution is 2.47. The van der Waals surface area contributed by atoms with Crippen molar-refractivity contribution in [1.82, 2.24) is 0 Å². The van der Waals surface area contributed by atoms with Crippen LogP contribution in [0.3, 0.4) is 0 Å². The van der Waals surface area contributed by atoms with Crippen LogP contribution in [0.4, 0.5) is 0 Å². The molecule has 2 rings (SSSR count). The summed E-state index contributed by atoms with van der Waals surface area (Å²) in [7, 11) is 0. The number of unbranched alkanes of at least 4 members (excludes halogenated alkanes) is 1. The standard InChI is InChI=1S/C21H30O2/c1-21(2)15-14-18(12-6-3-4-9-13-20(22)23)19(16-21)17-10-7-5-8-11-17/h3,5-8,10-11,18-19H,4,9,12-16H2,1-2H3,(H,22,23)/t18-,19+/m1/s1. The fourth-order valence-corrected chi connectivity index (χ4v) is 3.77. The maximum Gasteiger partial charge on any atom is 0.303 e. The summed E-state index contributed by atoms with van der Waals surface area (Å²) in [6, 6.07) is 10.9. The number of aliphatic carboxylic acids is 1. The van der Waals surface area contributed by atoms with E-state index in [1.165, 1.54) is 24.8 Å². The summed E-state index contributed by atoms with van der Waals surface area (Å²) in [6.45, 7) is 4.78. The Morgan fingerprint density at radius 1 is 1.26 bits per heavy atom. The SMILES string of the molecule is CC1(C)CC[C@@H](CC=CCCCC(=O)O)[C@H](c2ccccc2)C1. The Morgan fingerprint density at radius 2 is 2.00 bits per heavy atom. The second-order valence-electron chi connectivity index (χ2n) is 7.68. The number of carboxylic acids is 1. The summed E-state index contributed by atoms with van der Waals surface area (Å²) >= 11 is 0. The molecule has 1 aromatic rings. The molecule has 1 aliphatic carbocycles. The highest BCUT2D eigenvalue weighted by molar-refractivity contribution is 5.66. The van der Waals surface area contributed by atoms with Crippen LogP contribution in [0.15, 0.2) is 42.5 Å². The molecule has 1 N–H and O–H groups in total. The summed E-state index contributed by atoms with van der Waals surface area (Å²) < 4.78 is 0. The van der Waals surface area contributed by atoms with E-state index >= 15 is 0 Å². The average molecular weight is 314 g/mol. The van der Waals surface area contributed by atoms with Gasteiger partial charge in [-0.3, -0.25) is 4.79 Å². The number of hydrogen-bond acceptors (Lipinski definition) is 1. The second kappa shape index (κ2) is 8.33. The van der Waals surface area contributed by atoms with E-state index in [-0.39, 0.29) is 6.42 Å². The van der Waals surface area contributed by atoms with E-state index in [1.54, 1.807) is 0 Å². The molecule has 1 fully saturated rings. The van der Waals surface area contributed by atoms with Crippen LogP contribution in [0.5, 0.6) is 0 Å². The van der Waals surface area contributed by atoms with Gasteiger partial charge in [-0.1, -0.05) is 56.3 Å². The number of benzene rings is 1. The minimum Gasteiger partial charge on any atom is -0.481 e. The van der Waals surface area contributed by atoms with Gasteiger partial charge in [-0.25, -0.2) is 0 Å². The van der Waals surface area contributed by atoms with Gasteiger partial charge >= 0.3 is 5.97 Å². The molecule has 0 spiro atoms. The smallest absolute Gasteiger partial charge is 0.303 e. The van der Waals surface area contributed by atoms with Crippen LogP contribution in [0, 0.1) is 11.3 Å². The largest absolute Gasteiger partial charge is 0.481 e. The minimum atomic E-state index is -0.697. The van der Waals surface area contributed by atoms with Crippen LogP contribution in [-0.2, 0) is 4.79 Å². The van der Waals surface area contributed by atoms with Gasteiger partial charge < -0.3 is 5.11 Å². The van der Waals surface area contributed by atoms with Gasteiger partial charge in [0.1, 0.15) is 0 Å². The van der Waals surface area contributed by atoms with Gasteiger partial charge in [0.2, 0.25) is 0 Å². The molecule has 1 saturated carbocycles. The lowest BCUT2D eigenvalue weighted by Gasteiger charge is -2.41. The molecule has 0 aliphatic heterocycles. The van der Waals surface area contributed by atoms with Gasteiger partial charge in [0.05, 0.1) is 0 Å². The topological polar surface area (TPSA) is 37.3 Å². The molecule has 126 valence electrons. The lowest BCUT2D eigenvalue weighted by Crippen LogP contribution is -2.28. The van der Waals surface area contributed by atoms with E-state index in [0.29, 0.717) is 17.3 Å². The number of carboxylic acid groups (broad SMARTS) is 1. The van der Waals surface area contributed by atoms with E-state index in [9.17, 15) is 4.79 Å². The molecular formula is C21H30O2. The highest BCUT2D eigenvalue weighted by Gasteiger charge is 2.34. The lowest BCUT2D eigenvalue weighted by molar-refractivity contribution is -0.137. The van der Waals surface area contributed by atoms with Crippen molar-refractivity contribution >= 4 is 5.97 Å². The van der Waals surface area contributed by atoms with Crippen molar-refractivity contribution in [3.8, 4) is 0 Å². The Labute approximate surface area is 140 Å². The zero-order valence-electron chi connectivity index (χ0n) is 14.5. The summed E-state index contributed by atoms with van der Waals surface area (Å²) in [5.74, 6) is 0.654. The molecule has 0 unspecified atom stereocenters. The minimum absolute atomic E-state index is 0.272. The van der Waals surface area contributed by atoms with E-state index in [4.69, 9.17) is 5.11 Å². The summed E-state index contributed by atoms with van der Waals surface area (Å²) in [6.07, 6.45) is 11.3. The van der Waals surface area contributed by atoms with Gasteiger partial charge in [0.25, 0.3) is 0 Å². The van der Waals surface area contributed by atoms with Crippen LogP contribution in [0.2, 0.25) is 0 Å². The predicted octanol–water partition coefficient (Wildman–Crippen LogP) is 5.80. The van der Waals surface area contributed by atoms with Crippen molar-refractivity contribution in [3.63, 3.8) is 0 Å². The van der Waals surface area contributed by atoms with Crippen molar-refractivity contribution in [3.05, 3.63) is 48.0 Å². The van der Waals surface area contributed by atoms with Crippen LogP contribution < -0.4 is 0 Å². The fourth-order valence-electron chi connectivity index (χ4n) is 3.77. The molecule has 0 saturated heterocycles. The Morgan fingerprint density at radius 3 is 2.70 bits per heavy atom. The quantitative estimate of drug-likeness (QED) is 0.510. The van der Waals surface area contributed by atoms with Crippen molar-refractivity contribution in [2.24, 2.45) is 11.3 Å². The first-order valence-corrected chi connectivity index (χ1v) is 8.90. The average Bonchev–Trinajstić information content (AvgIpc) is 2.52. The molecule has 0 bridgehead atoms. The second-order valence-corrected chi connectivity index (χ2v) is 7.68. The van der Waals surface area contributed by atoms with Crippen LogP contribution in [0.1, 0.15) is 70.3 Å². The summed E-state index contributed by atoms with van der Waals surface area (Å²) in [4.78, 5) is 10.5. The maximum absolute atomic E-state index is 10.5. The number of carbonyl (C=O) groups is 1. The van der Waals surface area contributed by atoms with Crippen LogP contribution in [-0.4, -0.2) is 11.1 Å².